The molecule has 2 atom stereocenters. The Morgan fingerprint density at radius 3 is 2.76 bits per heavy atom. The van der Waals surface area contributed by atoms with Crippen molar-refractivity contribution in [2.24, 2.45) is 5.92 Å². The van der Waals surface area contributed by atoms with Crippen LogP contribution in [0.4, 0.5) is 11.5 Å². The molecule has 1 aromatic carbocycles. The summed E-state index contributed by atoms with van der Waals surface area (Å²) in [5.41, 5.74) is 1.88. The number of pyridine rings is 1. The van der Waals surface area contributed by atoms with Crippen LogP contribution in [0.25, 0.3) is 10.9 Å². The van der Waals surface area contributed by atoms with E-state index < -0.39 is 0 Å². The van der Waals surface area contributed by atoms with E-state index >= 15 is 0 Å². The zero-order chi connectivity index (χ0) is 23.2. The van der Waals surface area contributed by atoms with Crippen LogP contribution >= 0.6 is 0 Å². The van der Waals surface area contributed by atoms with Gasteiger partial charge in [0.2, 0.25) is 0 Å². The number of anilines is 2. The number of carbonyl (C=O) groups excluding carboxylic acids is 1. The Hall–Kier alpha value is -3.13. The van der Waals surface area contributed by atoms with Gasteiger partial charge in [0.25, 0.3) is 5.91 Å². The molecule has 3 aromatic rings. The van der Waals surface area contributed by atoms with Gasteiger partial charge in [-0.1, -0.05) is 13.0 Å². The van der Waals surface area contributed by atoms with Gasteiger partial charge in [-0.05, 0) is 56.2 Å². The smallest absolute Gasteiger partial charge is 0.274 e. The van der Waals surface area contributed by atoms with Crippen LogP contribution in [0.15, 0.2) is 36.5 Å². The van der Waals surface area contributed by atoms with Crippen LogP contribution in [0, 0.1) is 5.92 Å². The topological polar surface area (TPSA) is 81.5 Å². The Balaban J connectivity index is 1.23. The van der Waals surface area contributed by atoms with Gasteiger partial charge in [-0.3, -0.25) is 9.48 Å². The maximum absolute atomic E-state index is 13.1. The molecule has 0 radical (unpaired) electrons. The third-order valence-corrected chi connectivity index (χ3v) is 7.61. The van der Waals surface area contributed by atoms with Gasteiger partial charge in [0, 0.05) is 24.2 Å². The standard InChI is InChI=1S/C26H31N5O3/c1-16-6-8-18(9-7-16)31-13-17-10-23(24(33-2)12-22(17)29-31)28-26(32)21-4-3-5-25(27-21)30-14-20-11-19(30)15-34-20/h3-5,10,12-13,16,18-20H,6-9,11,14-15H2,1-2H3,(H,28,32)/t16-,18-,19-,20-/m1/s1. The Bertz CT molecular complexity index is 1220. The SMILES string of the molecule is COc1cc2nn([C@H]3CC[C@H](C)CC3)cc2cc1NC(=O)c1cccc(N2C[C@H]3C[C@@H]2CO3)n1. The monoisotopic (exact) mass is 461 g/mol. The van der Waals surface area contributed by atoms with Gasteiger partial charge >= 0.3 is 0 Å². The molecule has 1 N–H and O–H groups in total. The lowest BCUT2D eigenvalue weighted by Gasteiger charge is -2.28. The predicted molar refractivity (Wildman–Crippen MR) is 131 cm³/mol. The van der Waals surface area contributed by atoms with E-state index in [9.17, 15) is 4.79 Å². The second-order valence-corrected chi connectivity index (χ2v) is 9.97. The minimum atomic E-state index is -0.256. The maximum atomic E-state index is 13.1. The summed E-state index contributed by atoms with van der Waals surface area (Å²) < 4.78 is 13.4. The molecule has 8 nitrogen and oxygen atoms in total. The first kappa shape index (κ1) is 21.4. The number of hydrogen-bond donors (Lipinski definition) is 1. The molecule has 8 heteroatoms. The lowest BCUT2D eigenvalue weighted by atomic mass is 9.87. The molecule has 1 aliphatic carbocycles. The third-order valence-electron chi connectivity index (χ3n) is 7.61. The van der Waals surface area contributed by atoms with Gasteiger partial charge in [-0.15, -0.1) is 0 Å². The van der Waals surface area contributed by atoms with Crippen molar-refractivity contribution < 1.29 is 14.3 Å². The number of nitrogens with zero attached hydrogens (tertiary/aromatic N) is 4. The van der Waals surface area contributed by atoms with Gasteiger partial charge in [0.1, 0.15) is 17.3 Å². The predicted octanol–water partition coefficient (Wildman–Crippen LogP) is 4.42. The molecule has 1 saturated carbocycles. The number of benzene rings is 1. The molecule has 3 aliphatic rings. The van der Waals surface area contributed by atoms with Crippen molar-refractivity contribution in [1.82, 2.24) is 14.8 Å². The number of amides is 1. The van der Waals surface area contributed by atoms with Crippen molar-refractivity contribution in [1.29, 1.82) is 0 Å². The first-order valence-electron chi connectivity index (χ1n) is 12.3. The van der Waals surface area contributed by atoms with Crippen molar-refractivity contribution in [3.05, 3.63) is 42.2 Å². The highest BCUT2D eigenvalue weighted by molar-refractivity contribution is 6.05. The summed E-state index contributed by atoms with van der Waals surface area (Å²) >= 11 is 0. The fourth-order valence-electron chi connectivity index (χ4n) is 5.61. The number of morpholine rings is 1. The number of ether oxygens (including phenoxy) is 2. The molecule has 2 bridgehead atoms. The molecular formula is C26H31N5O3. The van der Waals surface area contributed by atoms with Gasteiger partial charge in [-0.2, -0.15) is 5.10 Å². The van der Waals surface area contributed by atoms with E-state index in [1.807, 2.05) is 24.3 Å². The lowest BCUT2D eigenvalue weighted by Crippen LogP contribution is -2.37. The van der Waals surface area contributed by atoms with E-state index in [0.717, 1.165) is 55.1 Å². The molecule has 34 heavy (non-hydrogen) atoms. The number of nitrogens with one attached hydrogen (secondary N) is 1. The van der Waals surface area contributed by atoms with Crippen LogP contribution in [-0.2, 0) is 4.74 Å². The van der Waals surface area contributed by atoms with Gasteiger partial charge < -0.3 is 19.7 Å². The second kappa shape index (κ2) is 8.58. The molecular weight excluding hydrogens is 430 g/mol. The van der Waals surface area contributed by atoms with Crippen molar-refractivity contribution in [2.45, 2.75) is 57.2 Å². The van der Waals surface area contributed by atoms with Crippen LogP contribution < -0.4 is 15.0 Å². The quantitative estimate of drug-likeness (QED) is 0.606. The number of methoxy groups -OCH3 is 1. The summed E-state index contributed by atoms with van der Waals surface area (Å²) in [4.78, 5) is 20.0. The van der Waals surface area contributed by atoms with Crippen LogP contribution in [0.5, 0.6) is 5.75 Å². The molecule has 2 aromatic heterocycles. The minimum absolute atomic E-state index is 0.256. The molecule has 3 fully saturated rings. The number of rotatable bonds is 5. The summed E-state index contributed by atoms with van der Waals surface area (Å²) in [6, 6.07) is 10.2. The zero-order valence-corrected chi connectivity index (χ0v) is 19.7. The van der Waals surface area contributed by atoms with Crippen molar-refractivity contribution >= 4 is 28.3 Å². The largest absolute Gasteiger partial charge is 0.494 e. The number of fused-ring (bicyclic) bond motifs is 3. The molecule has 178 valence electrons. The summed E-state index contributed by atoms with van der Waals surface area (Å²) in [7, 11) is 1.61. The normalized spacial score (nSPS) is 26.2. The summed E-state index contributed by atoms with van der Waals surface area (Å²) in [5.74, 6) is 1.96. The molecule has 2 saturated heterocycles. The highest BCUT2D eigenvalue weighted by Crippen LogP contribution is 2.35. The molecule has 0 unspecified atom stereocenters. The summed E-state index contributed by atoms with van der Waals surface area (Å²) in [6.45, 7) is 3.88. The van der Waals surface area contributed by atoms with E-state index in [0.29, 0.717) is 29.2 Å². The molecule has 4 heterocycles. The number of carbonyl (C=O) groups is 1. The van der Waals surface area contributed by atoms with Crippen molar-refractivity contribution in [3.63, 3.8) is 0 Å². The van der Waals surface area contributed by atoms with Crippen LogP contribution in [0.3, 0.4) is 0 Å². The zero-order valence-electron chi connectivity index (χ0n) is 19.7. The Kier molecular flexibility index (Phi) is 5.40. The Morgan fingerprint density at radius 2 is 2.03 bits per heavy atom. The van der Waals surface area contributed by atoms with Crippen molar-refractivity contribution in [3.8, 4) is 5.75 Å². The fraction of sp³-hybridized carbons (Fsp3) is 0.500. The molecule has 0 spiro atoms. The first-order chi connectivity index (χ1) is 16.6. The highest BCUT2D eigenvalue weighted by Gasteiger charge is 2.39. The Morgan fingerprint density at radius 1 is 1.18 bits per heavy atom. The van der Waals surface area contributed by atoms with E-state index in [1.54, 1.807) is 13.2 Å². The molecule has 1 amide bonds. The number of aromatic nitrogens is 3. The van der Waals surface area contributed by atoms with Crippen LogP contribution in [-0.4, -0.2) is 53.1 Å². The fourth-order valence-corrected chi connectivity index (χ4v) is 5.61. The van der Waals surface area contributed by atoms with E-state index in [4.69, 9.17) is 14.6 Å². The maximum Gasteiger partial charge on any atom is 0.274 e. The van der Waals surface area contributed by atoms with E-state index in [-0.39, 0.29) is 12.0 Å². The number of hydrogen-bond acceptors (Lipinski definition) is 6. The van der Waals surface area contributed by atoms with Crippen LogP contribution in [0.1, 0.15) is 55.6 Å². The molecule has 6 rings (SSSR count). The van der Waals surface area contributed by atoms with Crippen LogP contribution in [0.2, 0.25) is 0 Å². The van der Waals surface area contributed by atoms with E-state index in [1.165, 1.54) is 12.8 Å². The van der Waals surface area contributed by atoms with Gasteiger partial charge in [-0.25, -0.2) is 4.98 Å². The average Bonchev–Trinajstić information content (AvgIpc) is 3.60. The van der Waals surface area contributed by atoms with E-state index in [2.05, 4.69) is 33.0 Å². The molecule has 2 aliphatic heterocycles. The summed E-state index contributed by atoms with van der Waals surface area (Å²) in [6.07, 6.45) is 8.19. The third kappa shape index (κ3) is 3.90. The van der Waals surface area contributed by atoms with Crippen molar-refractivity contribution in [2.75, 3.05) is 30.5 Å². The minimum Gasteiger partial charge on any atom is -0.494 e. The highest BCUT2D eigenvalue weighted by atomic mass is 16.5. The summed E-state index contributed by atoms with van der Waals surface area (Å²) in [5, 5.41) is 8.82. The van der Waals surface area contributed by atoms with Gasteiger partial charge in [0.05, 0.1) is 43.1 Å². The average molecular weight is 462 g/mol. The first-order valence-corrected chi connectivity index (χ1v) is 12.3. The van der Waals surface area contributed by atoms with Gasteiger partial charge in [0.15, 0.2) is 0 Å². The second-order valence-electron chi connectivity index (χ2n) is 9.97. The Labute approximate surface area is 199 Å². The lowest BCUT2D eigenvalue weighted by molar-refractivity contribution is 0.0988.